The monoisotopic (exact) mass is 262 g/mol. The quantitative estimate of drug-likeness (QED) is 0.551. The number of piperidine rings is 1. The van der Waals surface area contributed by atoms with Gasteiger partial charge in [-0.2, -0.15) is 0 Å². The van der Waals surface area contributed by atoms with Crippen molar-refractivity contribution in [3.05, 3.63) is 29.3 Å². The third-order valence-corrected chi connectivity index (χ3v) is 3.27. The SMILES string of the molecule is [2H]c1cc(N)c2c(c1[2H])C(=O)N(C1CCC(=O)NC1=O)C2[2H]. The molecule has 3 amide bonds. The van der Waals surface area contributed by atoms with E-state index < -0.39 is 30.3 Å². The van der Waals surface area contributed by atoms with Crippen LogP contribution < -0.4 is 11.1 Å². The third kappa shape index (κ3) is 1.76. The Labute approximate surface area is 113 Å². The Bertz CT molecular complexity index is 722. The van der Waals surface area contributed by atoms with Crippen LogP contribution in [0.5, 0.6) is 0 Å². The molecule has 6 heteroatoms. The number of anilines is 1. The average Bonchev–Trinajstić information content (AvgIpc) is 2.69. The molecule has 0 aromatic heterocycles. The van der Waals surface area contributed by atoms with Crippen LogP contribution in [0.2, 0.25) is 0 Å². The Hall–Kier alpha value is -2.37. The lowest BCUT2D eigenvalue weighted by Crippen LogP contribution is -2.52. The number of benzene rings is 1. The molecule has 19 heavy (non-hydrogen) atoms. The summed E-state index contributed by atoms with van der Waals surface area (Å²) in [5, 5.41) is 2.14. The Kier molecular flexibility index (Phi) is 1.87. The van der Waals surface area contributed by atoms with Gasteiger partial charge >= 0.3 is 0 Å². The zero-order valence-corrected chi connectivity index (χ0v) is 9.90. The van der Waals surface area contributed by atoms with Crippen molar-refractivity contribution in [2.45, 2.75) is 25.4 Å². The molecule has 3 rings (SSSR count). The second-order valence-electron chi connectivity index (χ2n) is 4.47. The largest absolute Gasteiger partial charge is 0.398 e. The maximum absolute atomic E-state index is 12.5. The molecule has 98 valence electrons. The number of rotatable bonds is 1. The van der Waals surface area contributed by atoms with E-state index >= 15 is 0 Å². The molecule has 6 nitrogen and oxygen atoms in total. The molecular weight excluding hydrogens is 246 g/mol. The fourth-order valence-electron chi connectivity index (χ4n) is 2.29. The van der Waals surface area contributed by atoms with Gasteiger partial charge in [-0.25, -0.2) is 0 Å². The molecule has 1 aromatic rings. The summed E-state index contributed by atoms with van der Waals surface area (Å²) in [7, 11) is 0. The summed E-state index contributed by atoms with van der Waals surface area (Å²) in [4.78, 5) is 36.7. The van der Waals surface area contributed by atoms with Gasteiger partial charge in [0.25, 0.3) is 5.91 Å². The summed E-state index contributed by atoms with van der Waals surface area (Å²) in [5.74, 6) is -1.72. The minimum absolute atomic E-state index is 0.0795. The van der Waals surface area contributed by atoms with Gasteiger partial charge in [0.1, 0.15) is 6.04 Å². The zero-order valence-electron chi connectivity index (χ0n) is 12.9. The summed E-state index contributed by atoms with van der Waals surface area (Å²) in [6.07, 6.45) is 0.205. The second-order valence-corrected chi connectivity index (χ2v) is 4.47. The first-order chi connectivity index (χ1) is 10.3. The number of hydrogen-bond acceptors (Lipinski definition) is 4. The summed E-state index contributed by atoms with van der Waals surface area (Å²) in [6, 6.07) is -0.236. The van der Waals surface area contributed by atoms with E-state index in [1.807, 2.05) is 0 Å². The molecule has 0 spiro atoms. The molecule has 2 unspecified atom stereocenters. The standard InChI is InChI=1S/C13H13N3O3/c14-9-3-1-2-7-8(9)6-16(13(7)19)10-4-5-11(17)15-12(10)18/h1-3,10H,4-6,14H2,(H,15,17,18)/i1D,2D,6D. The molecule has 2 heterocycles. The van der Waals surface area contributed by atoms with Crippen molar-refractivity contribution in [2.24, 2.45) is 0 Å². The van der Waals surface area contributed by atoms with E-state index in [1.165, 1.54) is 6.07 Å². The molecule has 1 fully saturated rings. The molecule has 0 aliphatic carbocycles. The van der Waals surface area contributed by atoms with Crippen LogP contribution in [-0.4, -0.2) is 28.7 Å². The second kappa shape index (κ2) is 4.08. The number of nitrogens with zero attached hydrogens (tertiary/aromatic N) is 1. The van der Waals surface area contributed by atoms with E-state index in [2.05, 4.69) is 5.32 Å². The zero-order chi connectivity index (χ0) is 16.2. The van der Waals surface area contributed by atoms with E-state index in [1.54, 1.807) is 0 Å². The number of nitrogens with two attached hydrogens (primary N) is 1. The summed E-state index contributed by atoms with van der Waals surface area (Å²) < 4.78 is 23.7. The van der Waals surface area contributed by atoms with E-state index in [0.29, 0.717) is 0 Å². The van der Waals surface area contributed by atoms with Crippen LogP contribution in [0, 0.1) is 0 Å². The normalized spacial score (nSPS) is 28.5. The van der Waals surface area contributed by atoms with E-state index in [9.17, 15) is 14.4 Å². The molecule has 1 saturated heterocycles. The number of carbonyl (C=O) groups is 3. The van der Waals surface area contributed by atoms with Crippen LogP contribution in [0.25, 0.3) is 0 Å². The number of nitrogen functional groups attached to an aromatic ring is 1. The lowest BCUT2D eigenvalue weighted by molar-refractivity contribution is -0.136. The van der Waals surface area contributed by atoms with Crippen molar-refractivity contribution in [3.8, 4) is 0 Å². The van der Waals surface area contributed by atoms with Gasteiger partial charge in [0.05, 0.1) is 4.11 Å². The van der Waals surface area contributed by atoms with Crippen LogP contribution in [0.15, 0.2) is 18.2 Å². The molecule has 2 aliphatic heterocycles. The smallest absolute Gasteiger partial charge is 0.255 e. The Morgan fingerprint density at radius 2 is 2.26 bits per heavy atom. The maximum Gasteiger partial charge on any atom is 0.255 e. The van der Waals surface area contributed by atoms with Crippen molar-refractivity contribution >= 4 is 23.4 Å². The van der Waals surface area contributed by atoms with Crippen LogP contribution >= 0.6 is 0 Å². The molecule has 1 aromatic carbocycles. The first-order valence-corrected chi connectivity index (χ1v) is 5.81. The molecule has 0 saturated carbocycles. The molecular formula is C13H13N3O3. The number of nitrogens with one attached hydrogen (secondary N) is 1. The highest BCUT2D eigenvalue weighted by Gasteiger charge is 2.39. The lowest BCUT2D eigenvalue weighted by atomic mass is 10.0. The fourth-order valence-corrected chi connectivity index (χ4v) is 2.29. The number of fused-ring (bicyclic) bond motifs is 1. The van der Waals surface area contributed by atoms with Gasteiger partial charge in [-0.05, 0) is 18.5 Å². The maximum atomic E-state index is 12.5. The van der Waals surface area contributed by atoms with Crippen LogP contribution in [0.1, 0.15) is 32.9 Å². The molecule has 2 atom stereocenters. The van der Waals surface area contributed by atoms with Crippen LogP contribution in [0.4, 0.5) is 5.69 Å². The Morgan fingerprint density at radius 1 is 1.47 bits per heavy atom. The fraction of sp³-hybridized carbons (Fsp3) is 0.308. The van der Waals surface area contributed by atoms with Gasteiger partial charge in [-0.1, -0.05) is 6.04 Å². The average molecular weight is 262 g/mol. The minimum atomic E-state index is -1.23. The number of imide groups is 1. The van der Waals surface area contributed by atoms with Crippen LogP contribution in [0.3, 0.4) is 0 Å². The number of hydrogen-bond donors (Lipinski definition) is 2. The van der Waals surface area contributed by atoms with Crippen molar-refractivity contribution in [3.63, 3.8) is 0 Å². The summed E-state index contributed by atoms with van der Waals surface area (Å²) >= 11 is 0. The number of amides is 3. The van der Waals surface area contributed by atoms with Crippen molar-refractivity contribution in [1.29, 1.82) is 0 Å². The lowest BCUT2D eigenvalue weighted by Gasteiger charge is -2.29. The minimum Gasteiger partial charge on any atom is -0.398 e. The predicted molar refractivity (Wildman–Crippen MR) is 66.9 cm³/mol. The van der Waals surface area contributed by atoms with Crippen molar-refractivity contribution in [2.75, 3.05) is 5.73 Å². The van der Waals surface area contributed by atoms with Crippen molar-refractivity contribution < 1.29 is 18.5 Å². The Balaban J connectivity index is 2.06. The summed E-state index contributed by atoms with van der Waals surface area (Å²) in [5.41, 5.74) is 5.92. The van der Waals surface area contributed by atoms with Gasteiger partial charge in [0.2, 0.25) is 11.8 Å². The van der Waals surface area contributed by atoms with Gasteiger partial charge in [0.15, 0.2) is 0 Å². The van der Waals surface area contributed by atoms with Gasteiger partial charge in [-0.3, -0.25) is 19.7 Å². The molecule has 0 radical (unpaired) electrons. The Morgan fingerprint density at radius 3 is 3.00 bits per heavy atom. The van der Waals surface area contributed by atoms with E-state index in [-0.39, 0.29) is 41.7 Å². The third-order valence-electron chi connectivity index (χ3n) is 3.27. The van der Waals surface area contributed by atoms with Gasteiger partial charge in [0, 0.05) is 29.8 Å². The first-order valence-electron chi connectivity index (χ1n) is 7.38. The predicted octanol–water partition coefficient (Wildman–Crippen LogP) is 0.0298. The van der Waals surface area contributed by atoms with Gasteiger partial charge in [-0.15, -0.1) is 0 Å². The van der Waals surface area contributed by atoms with Crippen LogP contribution in [-0.2, 0) is 16.1 Å². The molecule has 3 N–H and O–H groups in total. The highest BCUT2D eigenvalue weighted by atomic mass is 16.2. The molecule has 2 aliphatic rings. The molecule has 0 bridgehead atoms. The first kappa shape index (κ1) is 8.68. The van der Waals surface area contributed by atoms with E-state index in [0.717, 1.165) is 4.90 Å². The highest BCUT2D eigenvalue weighted by Crippen LogP contribution is 2.30. The van der Waals surface area contributed by atoms with E-state index in [4.69, 9.17) is 9.85 Å². The highest BCUT2D eigenvalue weighted by molar-refractivity contribution is 6.06. The van der Waals surface area contributed by atoms with Gasteiger partial charge < -0.3 is 10.6 Å². The summed E-state index contributed by atoms with van der Waals surface area (Å²) in [6.45, 7) is -1.23. The number of carbonyl (C=O) groups excluding carboxylic acids is 3. The topological polar surface area (TPSA) is 92.5 Å². The van der Waals surface area contributed by atoms with Crippen molar-refractivity contribution in [1.82, 2.24) is 10.2 Å².